The molecule has 0 aliphatic carbocycles. The molecule has 0 saturated heterocycles. The van der Waals surface area contributed by atoms with Gasteiger partial charge in [0, 0.05) is 24.5 Å². The van der Waals surface area contributed by atoms with Crippen molar-refractivity contribution in [3.63, 3.8) is 0 Å². The van der Waals surface area contributed by atoms with Gasteiger partial charge in [0.05, 0.1) is 0 Å². The van der Waals surface area contributed by atoms with Crippen LogP contribution in [0.25, 0.3) is 0 Å². The van der Waals surface area contributed by atoms with Crippen LogP contribution in [0.1, 0.15) is 19.2 Å². The first-order valence-electron chi connectivity index (χ1n) is 4.55. The van der Waals surface area contributed by atoms with Gasteiger partial charge in [0.15, 0.2) is 0 Å². The lowest BCUT2D eigenvalue weighted by Crippen LogP contribution is -2.03. The Morgan fingerprint density at radius 1 is 1.71 bits per heavy atom. The third-order valence-electron chi connectivity index (χ3n) is 2.11. The molecule has 0 aliphatic rings. The smallest absolute Gasteiger partial charge is 0.331 e. The Kier molecular flexibility index (Phi) is 3.45. The van der Waals surface area contributed by atoms with Crippen LogP contribution in [0.2, 0.25) is 0 Å². The van der Waals surface area contributed by atoms with Crippen LogP contribution >= 0.6 is 0 Å². The summed E-state index contributed by atoms with van der Waals surface area (Å²) in [5.41, 5.74) is 0.443. The SMILES string of the molecule is CCC(=CCn1ccnc1C)C(=O)O. The summed E-state index contributed by atoms with van der Waals surface area (Å²) in [7, 11) is 0. The van der Waals surface area contributed by atoms with E-state index in [9.17, 15) is 4.79 Å². The summed E-state index contributed by atoms with van der Waals surface area (Å²) >= 11 is 0. The van der Waals surface area contributed by atoms with E-state index in [0.29, 0.717) is 18.5 Å². The average Bonchev–Trinajstić information content (AvgIpc) is 2.52. The highest BCUT2D eigenvalue weighted by molar-refractivity contribution is 5.86. The Morgan fingerprint density at radius 2 is 2.43 bits per heavy atom. The van der Waals surface area contributed by atoms with Crippen molar-refractivity contribution in [3.8, 4) is 0 Å². The van der Waals surface area contributed by atoms with Gasteiger partial charge in [0.1, 0.15) is 5.82 Å². The molecule has 1 N–H and O–H groups in total. The standard InChI is InChI=1S/C10H14N2O2/c1-3-9(10(13)14)4-6-12-7-5-11-8(12)2/h4-5,7H,3,6H2,1-2H3,(H,13,14). The Bertz CT molecular complexity index is 353. The van der Waals surface area contributed by atoms with E-state index in [2.05, 4.69) is 4.98 Å². The number of allylic oxidation sites excluding steroid dienone is 1. The molecule has 0 spiro atoms. The average molecular weight is 194 g/mol. The molecule has 1 aromatic rings. The topological polar surface area (TPSA) is 55.1 Å². The van der Waals surface area contributed by atoms with Crippen LogP contribution in [0, 0.1) is 6.92 Å². The predicted molar refractivity (Wildman–Crippen MR) is 53.0 cm³/mol. The molecule has 0 fully saturated rings. The predicted octanol–water partition coefficient (Wildman–Crippen LogP) is 1.61. The number of aromatic nitrogens is 2. The zero-order valence-electron chi connectivity index (χ0n) is 8.40. The minimum atomic E-state index is -0.842. The molecule has 1 rings (SSSR count). The van der Waals surface area contributed by atoms with Crippen molar-refractivity contribution >= 4 is 5.97 Å². The quantitative estimate of drug-likeness (QED) is 0.741. The molecule has 0 amide bonds. The number of carboxylic acid groups (broad SMARTS) is 1. The fourth-order valence-electron chi connectivity index (χ4n) is 1.19. The Balaban J connectivity index is 2.71. The molecule has 0 aromatic carbocycles. The van der Waals surface area contributed by atoms with Crippen LogP contribution in [0.15, 0.2) is 24.0 Å². The third kappa shape index (κ3) is 2.45. The van der Waals surface area contributed by atoms with E-state index >= 15 is 0 Å². The van der Waals surface area contributed by atoms with Crippen LogP contribution < -0.4 is 0 Å². The van der Waals surface area contributed by atoms with Crippen molar-refractivity contribution < 1.29 is 9.90 Å². The summed E-state index contributed by atoms with van der Waals surface area (Å²) in [6, 6.07) is 0. The summed E-state index contributed by atoms with van der Waals surface area (Å²) in [5.74, 6) is 0.0485. The fraction of sp³-hybridized carbons (Fsp3) is 0.400. The summed E-state index contributed by atoms with van der Waals surface area (Å²) in [6.07, 6.45) is 5.80. The molecular weight excluding hydrogens is 180 g/mol. The molecule has 0 radical (unpaired) electrons. The highest BCUT2D eigenvalue weighted by atomic mass is 16.4. The minimum Gasteiger partial charge on any atom is -0.478 e. The van der Waals surface area contributed by atoms with Gasteiger partial charge in [-0.05, 0) is 13.3 Å². The molecule has 0 unspecified atom stereocenters. The van der Waals surface area contributed by atoms with Crippen molar-refractivity contribution in [2.24, 2.45) is 0 Å². The number of imidazole rings is 1. The van der Waals surface area contributed by atoms with E-state index in [1.165, 1.54) is 0 Å². The highest BCUT2D eigenvalue weighted by Gasteiger charge is 2.03. The van der Waals surface area contributed by atoms with E-state index in [0.717, 1.165) is 5.82 Å². The summed E-state index contributed by atoms with van der Waals surface area (Å²) < 4.78 is 1.90. The first-order valence-corrected chi connectivity index (χ1v) is 4.55. The highest BCUT2D eigenvalue weighted by Crippen LogP contribution is 2.03. The van der Waals surface area contributed by atoms with Crippen LogP contribution in [0.3, 0.4) is 0 Å². The summed E-state index contributed by atoms with van der Waals surface area (Å²) in [5, 5.41) is 8.78. The maximum atomic E-state index is 10.7. The summed E-state index contributed by atoms with van der Waals surface area (Å²) in [6.45, 7) is 4.29. The number of carbonyl (C=O) groups is 1. The first-order chi connectivity index (χ1) is 6.65. The van der Waals surface area contributed by atoms with Crippen LogP contribution in [-0.4, -0.2) is 20.6 Å². The molecule has 4 heteroatoms. The lowest BCUT2D eigenvalue weighted by Gasteiger charge is -2.01. The van der Waals surface area contributed by atoms with Gasteiger partial charge in [0.25, 0.3) is 0 Å². The van der Waals surface area contributed by atoms with Crippen molar-refractivity contribution in [3.05, 3.63) is 29.9 Å². The second-order valence-electron chi connectivity index (χ2n) is 3.01. The number of hydrogen-bond acceptors (Lipinski definition) is 2. The van der Waals surface area contributed by atoms with E-state index < -0.39 is 5.97 Å². The molecular formula is C10H14N2O2. The summed E-state index contributed by atoms with van der Waals surface area (Å²) in [4.78, 5) is 14.7. The Hall–Kier alpha value is -1.58. The van der Waals surface area contributed by atoms with Gasteiger partial charge in [-0.15, -0.1) is 0 Å². The van der Waals surface area contributed by atoms with Gasteiger partial charge >= 0.3 is 5.97 Å². The van der Waals surface area contributed by atoms with Crippen molar-refractivity contribution in [2.75, 3.05) is 0 Å². The van der Waals surface area contributed by atoms with E-state index in [1.54, 1.807) is 12.3 Å². The molecule has 76 valence electrons. The maximum absolute atomic E-state index is 10.7. The normalized spacial score (nSPS) is 11.7. The van der Waals surface area contributed by atoms with Crippen molar-refractivity contribution in [1.82, 2.24) is 9.55 Å². The first kappa shape index (κ1) is 10.5. The maximum Gasteiger partial charge on any atom is 0.331 e. The second kappa shape index (κ2) is 4.60. The van der Waals surface area contributed by atoms with Gasteiger partial charge in [-0.1, -0.05) is 13.0 Å². The number of rotatable bonds is 4. The number of nitrogens with zero attached hydrogens (tertiary/aromatic N) is 2. The van der Waals surface area contributed by atoms with Gasteiger partial charge in [-0.3, -0.25) is 0 Å². The Labute approximate surface area is 82.9 Å². The number of aryl methyl sites for hydroxylation is 1. The molecule has 4 nitrogen and oxygen atoms in total. The lowest BCUT2D eigenvalue weighted by atomic mass is 10.2. The van der Waals surface area contributed by atoms with Gasteiger partial charge in [0.2, 0.25) is 0 Å². The monoisotopic (exact) mass is 194 g/mol. The zero-order valence-corrected chi connectivity index (χ0v) is 8.40. The molecule has 0 atom stereocenters. The van der Waals surface area contributed by atoms with Crippen molar-refractivity contribution in [1.29, 1.82) is 0 Å². The molecule has 0 aliphatic heterocycles. The van der Waals surface area contributed by atoms with Gasteiger partial charge in [-0.25, -0.2) is 9.78 Å². The van der Waals surface area contributed by atoms with Crippen molar-refractivity contribution in [2.45, 2.75) is 26.8 Å². The minimum absolute atomic E-state index is 0.443. The van der Waals surface area contributed by atoms with Gasteiger partial charge in [-0.2, -0.15) is 0 Å². The largest absolute Gasteiger partial charge is 0.478 e. The van der Waals surface area contributed by atoms with E-state index in [1.807, 2.05) is 24.6 Å². The molecule has 0 saturated carbocycles. The van der Waals surface area contributed by atoms with E-state index in [4.69, 9.17) is 5.11 Å². The molecule has 14 heavy (non-hydrogen) atoms. The molecule has 0 bridgehead atoms. The molecule has 1 aromatic heterocycles. The second-order valence-corrected chi connectivity index (χ2v) is 3.01. The number of aliphatic carboxylic acids is 1. The fourth-order valence-corrected chi connectivity index (χ4v) is 1.19. The number of hydrogen-bond donors (Lipinski definition) is 1. The van der Waals surface area contributed by atoms with Crippen LogP contribution in [-0.2, 0) is 11.3 Å². The Morgan fingerprint density at radius 3 is 2.86 bits per heavy atom. The molecule has 1 heterocycles. The lowest BCUT2D eigenvalue weighted by molar-refractivity contribution is -0.132. The van der Waals surface area contributed by atoms with E-state index in [-0.39, 0.29) is 0 Å². The van der Waals surface area contributed by atoms with Crippen LogP contribution in [0.4, 0.5) is 0 Å². The van der Waals surface area contributed by atoms with Gasteiger partial charge < -0.3 is 9.67 Å². The zero-order chi connectivity index (χ0) is 10.6. The van der Waals surface area contributed by atoms with Crippen LogP contribution in [0.5, 0.6) is 0 Å². The third-order valence-corrected chi connectivity index (χ3v) is 2.11. The number of carboxylic acids is 1.